The summed E-state index contributed by atoms with van der Waals surface area (Å²) in [5, 5.41) is 0. The zero-order valence-electron chi connectivity index (χ0n) is 9.95. The molecule has 0 aliphatic rings. The van der Waals surface area contributed by atoms with Crippen LogP contribution in [0.5, 0.6) is 0 Å². The van der Waals surface area contributed by atoms with E-state index in [1.807, 2.05) is 0 Å². The van der Waals surface area contributed by atoms with Gasteiger partial charge in [-0.2, -0.15) is 0 Å². The average Bonchev–Trinajstić information content (AvgIpc) is 2.26. The molecular formula is C12H21N3. The van der Waals surface area contributed by atoms with Crippen LogP contribution in [0.25, 0.3) is 0 Å². The zero-order valence-corrected chi connectivity index (χ0v) is 9.95. The Balaban J connectivity index is 2.95. The molecule has 0 fully saturated rings. The van der Waals surface area contributed by atoms with Crippen molar-refractivity contribution in [2.75, 3.05) is 5.73 Å². The molecule has 1 atom stereocenters. The van der Waals surface area contributed by atoms with Crippen LogP contribution in [0, 0.1) is 0 Å². The van der Waals surface area contributed by atoms with E-state index in [4.69, 9.17) is 5.73 Å². The van der Waals surface area contributed by atoms with Crippen LogP contribution in [0.15, 0.2) is 12.4 Å². The predicted molar refractivity (Wildman–Crippen MR) is 63.6 cm³/mol. The molecule has 0 amide bonds. The van der Waals surface area contributed by atoms with Gasteiger partial charge < -0.3 is 5.73 Å². The SMILES string of the molecule is CCCCC(C)(CC)c1nccnc1N. The summed E-state index contributed by atoms with van der Waals surface area (Å²) >= 11 is 0. The Kier molecular flexibility index (Phi) is 4.06. The Morgan fingerprint density at radius 1 is 1.27 bits per heavy atom. The van der Waals surface area contributed by atoms with E-state index in [1.165, 1.54) is 12.8 Å². The molecule has 1 aromatic heterocycles. The maximum atomic E-state index is 5.88. The minimum atomic E-state index is 0.0777. The van der Waals surface area contributed by atoms with Crippen molar-refractivity contribution in [1.82, 2.24) is 9.97 Å². The van der Waals surface area contributed by atoms with Crippen molar-refractivity contribution in [2.45, 2.75) is 51.9 Å². The Morgan fingerprint density at radius 2 is 1.93 bits per heavy atom. The van der Waals surface area contributed by atoms with Crippen LogP contribution < -0.4 is 5.73 Å². The third-order valence-electron chi connectivity index (χ3n) is 3.16. The third-order valence-corrected chi connectivity index (χ3v) is 3.16. The molecule has 2 N–H and O–H groups in total. The number of rotatable bonds is 5. The second-order valence-corrected chi connectivity index (χ2v) is 4.31. The van der Waals surface area contributed by atoms with Crippen molar-refractivity contribution in [3.05, 3.63) is 18.1 Å². The highest BCUT2D eigenvalue weighted by atomic mass is 14.9. The quantitative estimate of drug-likeness (QED) is 0.807. The van der Waals surface area contributed by atoms with Gasteiger partial charge in [0, 0.05) is 17.8 Å². The highest BCUT2D eigenvalue weighted by Crippen LogP contribution is 2.33. The molecule has 1 heterocycles. The van der Waals surface area contributed by atoms with E-state index in [1.54, 1.807) is 12.4 Å². The highest BCUT2D eigenvalue weighted by molar-refractivity contribution is 5.38. The zero-order chi connectivity index (χ0) is 11.3. The number of nitrogens with zero attached hydrogens (tertiary/aromatic N) is 2. The Hall–Kier alpha value is -1.12. The highest BCUT2D eigenvalue weighted by Gasteiger charge is 2.27. The number of nitrogen functional groups attached to an aromatic ring is 1. The van der Waals surface area contributed by atoms with E-state index in [-0.39, 0.29) is 5.41 Å². The molecule has 0 saturated heterocycles. The monoisotopic (exact) mass is 207 g/mol. The van der Waals surface area contributed by atoms with E-state index >= 15 is 0 Å². The summed E-state index contributed by atoms with van der Waals surface area (Å²) in [6.45, 7) is 6.61. The minimum absolute atomic E-state index is 0.0777. The summed E-state index contributed by atoms with van der Waals surface area (Å²) < 4.78 is 0. The number of anilines is 1. The molecule has 0 aromatic carbocycles. The van der Waals surface area contributed by atoms with Gasteiger partial charge in [0.25, 0.3) is 0 Å². The summed E-state index contributed by atoms with van der Waals surface area (Å²) in [7, 11) is 0. The van der Waals surface area contributed by atoms with Crippen molar-refractivity contribution in [1.29, 1.82) is 0 Å². The van der Waals surface area contributed by atoms with Crippen LogP contribution in [0.3, 0.4) is 0 Å². The lowest BCUT2D eigenvalue weighted by molar-refractivity contribution is 0.393. The standard InChI is InChI=1S/C12H21N3/c1-4-6-7-12(3,5-2)10-11(13)15-9-8-14-10/h8-9H,4-7H2,1-3H3,(H2,13,15). The van der Waals surface area contributed by atoms with Crippen molar-refractivity contribution in [3.8, 4) is 0 Å². The Bertz CT molecular complexity index is 311. The van der Waals surface area contributed by atoms with Gasteiger partial charge in [-0.3, -0.25) is 4.98 Å². The molecule has 1 aromatic rings. The van der Waals surface area contributed by atoms with Crippen molar-refractivity contribution in [2.24, 2.45) is 0 Å². The molecule has 0 aliphatic carbocycles. The molecule has 3 nitrogen and oxygen atoms in total. The van der Waals surface area contributed by atoms with Gasteiger partial charge in [0.15, 0.2) is 0 Å². The van der Waals surface area contributed by atoms with Crippen LogP contribution >= 0.6 is 0 Å². The number of hydrogen-bond donors (Lipinski definition) is 1. The first-order chi connectivity index (χ1) is 7.14. The van der Waals surface area contributed by atoms with Gasteiger partial charge >= 0.3 is 0 Å². The van der Waals surface area contributed by atoms with Crippen LogP contribution in [-0.4, -0.2) is 9.97 Å². The second-order valence-electron chi connectivity index (χ2n) is 4.31. The molecule has 0 saturated carbocycles. The first kappa shape index (κ1) is 12.0. The lowest BCUT2D eigenvalue weighted by Gasteiger charge is -2.28. The van der Waals surface area contributed by atoms with Crippen LogP contribution in [0.4, 0.5) is 5.82 Å². The van der Waals surface area contributed by atoms with Crippen molar-refractivity contribution < 1.29 is 0 Å². The third kappa shape index (κ3) is 2.67. The molecular weight excluding hydrogens is 186 g/mol. The summed E-state index contributed by atoms with van der Waals surface area (Å²) in [6, 6.07) is 0. The maximum absolute atomic E-state index is 5.88. The molecule has 0 aliphatic heterocycles. The van der Waals surface area contributed by atoms with Crippen LogP contribution in [-0.2, 0) is 5.41 Å². The summed E-state index contributed by atoms with van der Waals surface area (Å²) in [5.41, 5.74) is 6.92. The summed E-state index contributed by atoms with van der Waals surface area (Å²) in [4.78, 5) is 8.50. The fraction of sp³-hybridized carbons (Fsp3) is 0.667. The van der Waals surface area contributed by atoms with Gasteiger partial charge in [0.1, 0.15) is 5.82 Å². The van der Waals surface area contributed by atoms with Crippen LogP contribution in [0.1, 0.15) is 52.1 Å². The van der Waals surface area contributed by atoms with Crippen LogP contribution in [0.2, 0.25) is 0 Å². The average molecular weight is 207 g/mol. The topological polar surface area (TPSA) is 51.8 Å². The number of unbranched alkanes of at least 4 members (excludes halogenated alkanes) is 1. The number of nitrogens with two attached hydrogens (primary N) is 1. The van der Waals surface area contributed by atoms with Gasteiger partial charge in [-0.25, -0.2) is 4.98 Å². The first-order valence-corrected chi connectivity index (χ1v) is 5.71. The maximum Gasteiger partial charge on any atom is 0.145 e. The Morgan fingerprint density at radius 3 is 2.47 bits per heavy atom. The van der Waals surface area contributed by atoms with Gasteiger partial charge in [0.2, 0.25) is 0 Å². The lowest BCUT2D eigenvalue weighted by atomic mass is 9.79. The van der Waals surface area contributed by atoms with Gasteiger partial charge in [-0.1, -0.05) is 33.6 Å². The predicted octanol–water partition coefficient (Wildman–Crippen LogP) is 2.92. The van der Waals surface area contributed by atoms with E-state index in [2.05, 4.69) is 30.7 Å². The number of aromatic nitrogens is 2. The van der Waals surface area contributed by atoms with E-state index in [0.717, 1.165) is 18.5 Å². The molecule has 84 valence electrons. The normalized spacial score (nSPS) is 14.9. The molecule has 15 heavy (non-hydrogen) atoms. The first-order valence-electron chi connectivity index (χ1n) is 5.71. The largest absolute Gasteiger partial charge is 0.382 e. The fourth-order valence-electron chi connectivity index (χ4n) is 1.84. The molecule has 1 unspecified atom stereocenters. The molecule has 0 bridgehead atoms. The molecule has 1 rings (SSSR count). The van der Waals surface area contributed by atoms with Crippen molar-refractivity contribution >= 4 is 5.82 Å². The van der Waals surface area contributed by atoms with Gasteiger partial charge in [-0.05, 0) is 12.8 Å². The second kappa shape index (κ2) is 5.10. The summed E-state index contributed by atoms with van der Waals surface area (Å²) in [5.74, 6) is 0.581. The van der Waals surface area contributed by atoms with Gasteiger partial charge in [0.05, 0.1) is 5.69 Å². The number of hydrogen-bond acceptors (Lipinski definition) is 3. The Labute approximate surface area is 92.1 Å². The summed E-state index contributed by atoms with van der Waals surface area (Å²) in [6.07, 6.45) is 7.97. The van der Waals surface area contributed by atoms with E-state index in [0.29, 0.717) is 5.82 Å². The molecule has 3 heteroatoms. The van der Waals surface area contributed by atoms with Gasteiger partial charge in [-0.15, -0.1) is 0 Å². The van der Waals surface area contributed by atoms with E-state index in [9.17, 15) is 0 Å². The molecule has 0 radical (unpaired) electrons. The van der Waals surface area contributed by atoms with Crippen molar-refractivity contribution in [3.63, 3.8) is 0 Å². The van der Waals surface area contributed by atoms with E-state index < -0.39 is 0 Å². The minimum Gasteiger partial charge on any atom is -0.382 e. The lowest BCUT2D eigenvalue weighted by Crippen LogP contribution is -2.24. The fourth-order valence-corrected chi connectivity index (χ4v) is 1.84. The molecule has 0 spiro atoms. The smallest absolute Gasteiger partial charge is 0.145 e.